The van der Waals surface area contributed by atoms with E-state index in [2.05, 4.69) is 42.7 Å². The fourth-order valence-electron chi connectivity index (χ4n) is 4.30. The van der Waals surface area contributed by atoms with Gasteiger partial charge in [-0.2, -0.15) is 5.26 Å². The molecule has 0 saturated carbocycles. The number of amides is 1. The summed E-state index contributed by atoms with van der Waals surface area (Å²) in [5.74, 6) is 0.117. The highest BCUT2D eigenvalue weighted by Crippen LogP contribution is 2.44. The van der Waals surface area contributed by atoms with Crippen LogP contribution in [0, 0.1) is 11.3 Å². The van der Waals surface area contributed by atoms with Gasteiger partial charge in [-0.05, 0) is 42.0 Å². The van der Waals surface area contributed by atoms with Crippen molar-refractivity contribution >= 4 is 29.1 Å². The lowest BCUT2D eigenvalue weighted by Gasteiger charge is -2.33. The number of anilines is 1. The average molecular weight is 458 g/mol. The van der Waals surface area contributed by atoms with Gasteiger partial charge in [0.2, 0.25) is 5.91 Å². The van der Waals surface area contributed by atoms with Crippen LogP contribution in [0.2, 0.25) is 0 Å². The fraction of sp³-hybridized carbons (Fsp3) is 0.296. The molecule has 1 unspecified atom stereocenters. The number of ketones is 1. The lowest BCUT2D eigenvalue weighted by molar-refractivity contribution is -0.116. The van der Waals surface area contributed by atoms with Gasteiger partial charge in [0.1, 0.15) is 0 Å². The number of carbonyl (C=O) groups is 2. The molecule has 4 rings (SSSR count). The summed E-state index contributed by atoms with van der Waals surface area (Å²) in [6.45, 7) is 4.28. The molecule has 1 aliphatic carbocycles. The molecule has 1 amide bonds. The van der Waals surface area contributed by atoms with Gasteiger partial charge in [0.15, 0.2) is 5.78 Å². The number of hydrogen-bond acceptors (Lipinski definition) is 5. The molecule has 1 heterocycles. The normalized spacial score (nSPS) is 18.0. The molecule has 2 aliphatic rings. The third-order valence-corrected chi connectivity index (χ3v) is 7.02. The van der Waals surface area contributed by atoms with Gasteiger partial charge in [-0.3, -0.25) is 9.59 Å². The molecule has 1 atom stereocenters. The second-order valence-electron chi connectivity index (χ2n) is 8.61. The second kappa shape index (κ2) is 10.1. The van der Waals surface area contributed by atoms with Gasteiger partial charge in [0, 0.05) is 23.4 Å². The number of hydrogen-bond donors (Lipinski definition) is 2. The van der Waals surface area contributed by atoms with E-state index in [0.29, 0.717) is 28.5 Å². The molecule has 0 bridgehead atoms. The summed E-state index contributed by atoms with van der Waals surface area (Å²) < 4.78 is 0. The summed E-state index contributed by atoms with van der Waals surface area (Å²) >= 11 is 1.31. The minimum atomic E-state index is -0.403. The number of benzene rings is 2. The fourth-order valence-corrected chi connectivity index (χ4v) is 5.16. The Morgan fingerprint density at radius 2 is 1.88 bits per heavy atom. The minimum Gasteiger partial charge on any atom is -0.352 e. The van der Waals surface area contributed by atoms with E-state index >= 15 is 0 Å². The van der Waals surface area contributed by atoms with E-state index in [1.54, 1.807) is 0 Å². The van der Waals surface area contributed by atoms with Crippen LogP contribution in [-0.4, -0.2) is 17.4 Å². The minimum absolute atomic E-state index is 0.0975. The van der Waals surface area contributed by atoms with Crippen molar-refractivity contribution in [2.24, 2.45) is 0 Å². The van der Waals surface area contributed by atoms with Crippen molar-refractivity contribution in [1.29, 1.82) is 5.26 Å². The second-order valence-corrected chi connectivity index (χ2v) is 9.59. The molecular formula is C27H27N3O2S. The molecule has 33 heavy (non-hydrogen) atoms. The Balaban J connectivity index is 1.63. The van der Waals surface area contributed by atoms with E-state index < -0.39 is 5.92 Å². The van der Waals surface area contributed by atoms with Gasteiger partial charge in [0.05, 0.1) is 28.3 Å². The summed E-state index contributed by atoms with van der Waals surface area (Å²) in [5.41, 5.74) is 4.97. The molecule has 2 aromatic carbocycles. The van der Waals surface area contributed by atoms with Crippen LogP contribution in [0.25, 0.3) is 0 Å². The van der Waals surface area contributed by atoms with E-state index in [1.165, 1.54) is 17.3 Å². The summed E-state index contributed by atoms with van der Waals surface area (Å²) in [5, 5.41) is 17.0. The first-order chi connectivity index (χ1) is 16.0. The van der Waals surface area contributed by atoms with E-state index in [1.807, 2.05) is 42.5 Å². The summed E-state index contributed by atoms with van der Waals surface area (Å²) in [4.78, 5) is 25.4. The van der Waals surface area contributed by atoms with Gasteiger partial charge in [-0.15, -0.1) is 0 Å². The number of nitrogens with one attached hydrogen (secondary N) is 2. The van der Waals surface area contributed by atoms with Crippen LogP contribution in [0.15, 0.2) is 76.5 Å². The highest BCUT2D eigenvalue weighted by molar-refractivity contribution is 8.03. The Kier molecular flexibility index (Phi) is 7.00. The van der Waals surface area contributed by atoms with Crippen molar-refractivity contribution in [3.8, 4) is 6.07 Å². The van der Waals surface area contributed by atoms with Crippen molar-refractivity contribution < 1.29 is 9.59 Å². The molecule has 5 nitrogen and oxygen atoms in total. The zero-order chi connectivity index (χ0) is 23.4. The number of carbonyl (C=O) groups excluding carboxylic acids is 2. The van der Waals surface area contributed by atoms with Crippen molar-refractivity contribution in [3.63, 3.8) is 0 Å². The lowest BCUT2D eigenvalue weighted by Crippen LogP contribution is -2.31. The Labute approximate surface area is 199 Å². The van der Waals surface area contributed by atoms with Crippen molar-refractivity contribution in [2.75, 3.05) is 11.1 Å². The number of rotatable bonds is 6. The first-order valence-corrected chi connectivity index (χ1v) is 12.2. The number of nitrogens with zero attached hydrogens (tertiary/aromatic N) is 1. The lowest BCUT2D eigenvalue weighted by atomic mass is 9.76. The molecule has 0 aromatic heterocycles. The zero-order valence-corrected chi connectivity index (χ0v) is 19.7. The monoisotopic (exact) mass is 457 g/mol. The molecule has 6 heteroatoms. The van der Waals surface area contributed by atoms with Gasteiger partial charge in [-0.1, -0.05) is 68.1 Å². The number of nitriles is 1. The standard InChI is InChI=1S/C27H27N3O2S/c1-17(2)18-11-13-19(14-12-18)25-21(15-28)27(30-22-9-6-10-23(31)26(22)25)33-16-24(32)29-20-7-4-3-5-8-20/h3-5,7-8,11-14,17,25,30H,6,9-10,16H2,1-2H3,(H,29,32). The smallest absolute Gasteiger partial charge is 0.234 e. The summed E-state index contributed by atoms with van der Waals surface area (Å²) in [6, 6.07) is 19.8. The van der Waals surface area contributed by atoms with Crippen molar-refractivity contribution in [2.45, 2.75) is 44.9 Å². The SMILES string of the molecule is CC(C)c1ccc(C2C(C#N)=C(SCC(=O)Nc3ccccc3)NC3=C2C(=O)CCC3)cc1. The predicted octanol–water partition coefficient (Wildman–Crippen LogP) is 5.61. The number of para-hydroxylation sites is 1. The Morgan fingerprint density at radius 3 is 2.55 bits per heavy atom. The highest BCUT2D eigenvalue weighted by atomic mass is 32.2. The molecule has 0 saturated heterocycles. The molecule has 0 fully saturated rings. The van der Waals surface area contributed by atoms with Crippen LogP contribution in [0.5, 0.6) is 0 Å². The van der Waals surface area contributed by atoms with Crippen LogP contribution in [0.1, 0.15) is 56.1 Å². The number of dihydropyridines is 1. The van der Waals surface area contributed by atoms with Crippen molar-refractivity contribution in [3.05, 3.63) is 87.6 Å². The topological polar surface area (TPSA) is 82.0 Å². The molecule has 0 radical (unpaired) electrons. The summed E-state index contributed by atoms with van der Waals surface area (Å²) in [7, 11) is 0. The Morgan fingerprint density at radius 1 is 1.15 bits per heavy atom. The maximum atomic E-state index is 12.9. The van der Waals surface area contributed by atoms with Crippen LogP contribution >= 0.6 is 11.8 Å². The highest BCUT2D eigenvalue weighted by Gasteiger charge is 2.37. The third-order valence-electron chi connectivity index (χ3n) is 6.00. The molecule has 2 N–H and O–H groups in total. The summed E-state index contributed by atoms with van der Waals surface area (Å²) in [6.07, 6.45) is 2.06. The molecule has 2 aromatic rings. The number of Topliss-reactive ketones (excluding diaryl/α,β-unsaturated/α-hetero) is 1. The number of allylic oxidation sites excluding steroid dienone is 3. The van der Waals surface area contributed by atoms with E-state index in [4.69, 9.17) is 0 Å². The molecule has 168 valence electrons. The largest absolute Gasteiger partial charge is 0.352 e. The van der Waals surface area contributed by atoms with Gasteiger partial charge in [0.25, 0.3) is 0 Å². The molecule has 1 aliphatic heterocycles. The van der Waals surface area contributed by atoms with Gasteiger partial charge < -0.3 is 10.6 Å². The Hall–Kier alpha value is -3.30. The third kappa shape index (κ3) is 5.04. The Bertz CT molecular complexity index is 1160. The molecule has 0 spiro atoms. The maximum Gasteiger partial charge on any atom is 0.234 e. The molecular weight excluding hydrogens is 430 g/mol. The van der Waals surface area contributed by atoms with Crippen LogP contribution in [0.3, 0.4) is 0 Å². The zero-order valence-electron chi connectivity index (χ0n) is 18.9. The first-order valence-electron chi connectivity index (χ1n) is 11.2. The first kappa shape index (κ1) is 22.9. The predicted molar refractivity (Wildman–Crippen MR) is 132 cm³/mol. The maximum absolute atomic E-state index is 12.9. The van der Waals surface area contributed by atoms with Gasteiger partial charge >= 0.3 is 0 Å². The van der Waals surface area contributed by atoms with Crippen LogP contribution in [-0.2, 0) is 9.59 Å². The van der Waals surface area contributed by atoms with Crippen LogP contribution < -0.4 is 10.6 Å². The van der Waals surface area contributed by atoms with E-state index in [0.717, 1.165) is 29.8 Å². The van der Waals surface area contributed by atoms with Crippen molar-refractivity contribution in [1.82, 2.24) is 5.32 Å². The quantitative estimate of drug-likeness (QED) is 0.589. The van der Waals surface area contributed by atoms with Crippen LogP contribution in [0.4, 0.5) is 5.69 Å². The average Bonchev–Trinajstić information content (AvgIpc) is 2.82. The van der Waals surface area contributed by atoms with E-state index in [9.17, 15) is 14.9 Å². The van der Waals surface area contributed by atoms with Gasteiger partial charge in [-0.25, -0.2) is 0 Å². The van der Waals surface area contributed by atoms with E-state index in [-0.39, 0.29) is 17.4 Å². The number of thioether (sulfide) groups is 1.